The largest absolute Gasteiger partial charge is 0.491 e. The summed E-state index contributed by atoms with van der Waals surface area (Å²) in [5.41, 5.74) is 1.11. The van der Waals surface area contributed by atoms with Crippen LogP contribution in [0.25, 0.3) is 0 Å². The van der Waals surface area contributed by atoms with E-state index in [0.717, 1.165) is 43.4 Å². The Kier molecular flexibility index (Phi) is 14.8. The highest BCUT2D eigenvalue weighted by Crippen LogP contribution is 2.14. The molecule has 0 saturated carbocycles. The third-order valence-electron chi connectivity index (χ3n) is 3.04. The Bertz CT molecular complexity index is 458. The summed E-state index contributed by atoms with van der Waals surface area (Å²) in [5, 5.41) is 6.53. The maximum Gasteiger partial charge on any atom is 0.191 e. The van der Waals surface area contributed by atoms with Gasteiger partial charge in [0.15, 0.2) is 5.96 Å². The van der Waals surface area contributed by atoms with Crippen LogP contribution >= 0.6 is 24.0 Å². The van der Waals surface area contributed by atoms with E-state index in [4.69, 9.17) is 14.2 Å². The molecular formula is C17H30IN3O3. The molecule has 0 aliphatic rings. The molecule has 138 valence electrons. The van der Waals surface area contributed by atoms with Crippen molar-refractivity contribution in [2.75, 3.05) is 47.1 Å². The van der Waals surface area contributed by atoms with E-state index in [0.29, 0.717) is 19.8 Å². The first-order valence-electron chi connectivity index (χ1n) is 8.02. The zero-order chi connectivity index (χ0) is 16.8. The van der Waals surface area contributed by atoms with Crippen LogP contribution in [-0.2, 0) is 16.0 Å². The quantitative estimate of drug-likeness (QED) is 0.234. The fraction of sp³-hybridized carbons (Fsp3) is 0.588. The third-order valence-corrected chi connectivity index (χ3v) is 3.04. The Hall–Kier alpha value is -1.06. The first kappa shape index (κ1) is 22.9. The van der Waals surface area contributed by atoms with Crippen LogP contribution in [0.4, 0.5) is 0 Å². The molecule has 2 N–H and O–H groups in total. The van der Waals surface area contributed by atoms with Crippen molar-refractivity contribution >= 4 is 29.9 Å². The van der Waals surface area contributed by atoms with Gasteiger partial charge in [0.2, 0.25) is 0 Å². The van der Waals surface area contributed by atoms with Gasteiger partial charge in [-0.3, -0.25) is 0 Å². The van der Waals surface area contributed by atoms with Gasteiger partial charge in [0, 0.05) is 33.9 Å². The minimum atomic E-state index is 0. The molecule has 0 amide bonds. The van der Waals surface area contributed by atoms with Gasteiger partial charge < -0.3 is 24.8 Å². The number of hydrogen-bond donors (Lipinski definition) is 2. The summed E-state index contributed by atoms with van der Waals surface area (Å²) in [6.07, 6.45) is 0.948. The number of ether oxygens (including phenoxy) is 3. The average Bonchev–Trinajstić information content (AvgIpc) is 2.57. The standard InChI is InChI=1S/C17H29N3O3.HI/c1-4-18-17(19-9-6-10-21-2)20-14-15-7-5-8-16(13-15)23-12-11-22-3;/h5,7-8,13H,4,6,9-12,14H2,1-3H3,(H2,18,19,20);1H. The lowest BCUT2D eigenvalue weighted by molar-refractivity contribution is 0.146. The van der Waals surface area contributed by atoms with E-state index in [9.17, 15) is 0 Å². The number of nitrogens with zero attached hydrogens (tertiary/aromatic N) is 1. The second kappa shape index (κ2) is 15.5. The van der Waals surface area contributed by atoms with Crippen molar-refractivity contribution in [2.45, 2.75) is 19.9 Å². The molecule has 0 aliphatic carbocycles. The van der Waals surface area contributed by atoms with E-state index < -0.39 is 0 Å². The van der Waals surface area contributed by atoms with Gasteiger partial charge in [-0.15, -0.1) is 24.0 Å². The molecule has 24 heavy (non-hydrogen) atoms. The number of nitrogens with one attached hydrogen (secondary N) is 2. The Morgan fingerprint density at radius 3 is 2.58 bits per heavy atom. The summed E-state index contributed by atoms with van der Waals surface area (Å²) < 4.78 is 15.6. The summed E-state index contributed by atoms with van der Waals surface area (Å²) in [5.74, 6) is 1.65. The molecule has 0 aromatic heterocycles. The zero-order valence-electron chi connectivity index (χ0n) is 14.8. The van der Waals surface area contributed by atoms with Crippen molar-refractivity contribution in [1.82, 2.24) is 10.6 Å². The van der Waals surface area contributed by atoms with Gasteiger partial charge in [-0.1, -0.05) is 12.1 Å². The molecule has 0 atom stereocenters. The molecule has 0 bridgehead atoms. The van der Waals surface area contributed by atoms with E-state index >= 15 is 0 Å². The summed E-state index contributed by atoms with van der Waals surface area (Å²) in [4.78, 5) is 4.59. The van der Waals surface area contributed by atoms with Gasteiger partial charge in [-0.05, 0) is 31.0 Å². The molecule has 0 fully saturated rings. The SMILES string of the molecule is CCNC(=NCc1cccc(OCCOC)c1)NCCCOC.I. The summed E-state index contributed by atoms with van der Waals surface area (Å²) in [7, 11) is 3.37. The maximum absolute atomic E-state index is 5.61. The number of guanidine groups is 1. The molecule has 0 heterocycles. The second-order valence-corrected chi connectivity index (χ2v) is 4.96. The van der Waals surface area contributed by atoms with Crippen molar-refractivity contribution in [1.29, 1.82) is 0 Å². The van der Waals surface area contributed by atoms with E-state index in [1.165, 1.54) is 0 Å². The highest BCUT2D eigenvalue weighted by Gasteiger charge is 1.99. The monoisotopic (exact) mass is 451 g/mol. The van der Waals surface area contributed by atoms with Crippen LogP contribution in [0.1, 0.15) is 18.9 Å². The second-order valence-electron chi connectivity index (χ2n) is 4.96. The number of halogens is 1. The molecule has 1 rings (SSSR count). The molecule has 0 aliphatic heterocycles. The number of rotatable bonds is 11. The lowest BCUT2D eigenvalue weighted by Gasteiger charge is -2.11. The fourth-order valence-corrected chi connectivity index (χ4v) is 1.91. The lowest BCUT2D eigenvalue weighted by atomic mass is 10.2. The Labute approximate surface area is 162 Å². The normalized spacial score (nSPS) is 10.9. The summed E-state index contributed by atoms with van der Waals surface area (Å²) in [6.45, 7) is 6.19. The Morgan fingerprint density at radius 2 is 1.88 bits per heavy atom. The summed E-state index contributed by atoms with van der Waals surface area (Å²) >= 11 is 0. The van der Waals surface area contributed by atoms with Gasteiger partial charge >= 0.3 is 0 Å². The van der Waals surface area contributed by atoms with E-state index in [1.807, 2.05) is 24.3 Å². The van der Waals surface area contributed by atoms with Crippen LogP contribution in [0.3, 0.4) is 0 Å². The molecule has 1 aromatic carbocycles. The maximum atomic E-state index is 5.61. The van der Waals surface area contributed by atoms with Crippen LogP contribution in [0, 0.1) is 0 Å². The van der Waals surface area contributed by atoms with Crippen molar-refractivity contribution < 1.29 is 14.2 Å². The predicted molar refractivity (Wildman–Crippen MR) is 109 cm³/mol. The highest BCUT2D eigenvalue weighted by molar-refractivity contribution is 14.0. The van der Waals surface area contributed by atoms with Gasteiger partial charge in [-0.2, -0.15) is 0 Å². The number of aliphatic imine (C=N–C) groups is 1. The smallest absolute Gasteiger partial charge is 0.191 e. The topological polar surface area (TPSA) is 64.1 Å². The third kappa shape index (κ3) is 10.7. The number of benzene rings is 1. The first-order chi connectivity index (χ1) is 11.3. The van der Waals surface area contributed by atoms with Gasteiger partial charge in [0.05, 0.1) is 13.2 Å². The van der Waals surface area contributed by atoms with Gasteiger partial charge in [0.25, 0.3) is 0 Å². The van der Waals surface area contributed by atoms with Gasteiger partial charge in [-0.25, -0.2) is 4.99 Å². The van der Waals surface area contributed by atoms with Crippen LogP contribution in [0.2, 0.25) is 0 Å². The molecule has 0 unspecified atom stereocenters. The van der Waals surface area contributed by atoms with E-state index in [-0.39, 0.29) is 24.0 Å². The minimum absolute atomic E-state index is 0. The van der Waals surface area contributed by atoms with E-state index in [1.54, 1.807) is 14.2 Å². The molecule has 1 aromatic rings. The fourth-order valence-electron chi connectivity index (χ4n) is 1.91. The first-order valence-corrected chi connectivity index (χ1v) is 8.02. The molecule has 7 heteroatoms. The van der Waals surface area contributed by atoms with Crippen LogP contribution in [0.15, 0.2) is 29.3 Å². The molecule has 0 saturated heterocycles. The minimum Gasteiger partial charge on any atom is -0.491 e. The molecule has 0 radical (unpaired) electrons. The van der Waals surface area contributed by atoms with Crippen molar-refractivity contribution in [3.8, 4) is 5.75 Å². The summed E-state index contributed by atoms with van der Waals surface area (Å²) in [6, 6.07) is 7.97. The van der Waals surface area contributed by atoms with Crippen molar-refractivity contribution in [3.05, 3.63) is 29.8 Å². The van der Waals surface area contributed by atoms with E-state index in [2.05, 4.69) is 22.5 Å². The lowest BCUT2D eigenvalue weighted by Crippen LogP contribution is -2.38. The van der Waals surface area contributed by atoms with Crippen LogP contribution in [-0.4, -0.2) is 53.1 Å². The Balaban J connectivity index is 0.00000529. The average molecular weight is 451 g/mol. The number of hydrogen-bond acceptors (Lipinski definition) is 4. The van der Waals surface area contributed by atoms with Crippen LogP contribution < -0.4 is 15.4 Å². The predicted octanol–water partition coefficient (Wildman–Crippen LogP) is 2.42. The number of methoxy groups -OCH3 is 2. The molecular weight excluding hydrogens is 421 g/mol. The molecule has 6 nitrogen and oxygen atoms in total. The Morgan fingerprint density at radius 1 is 1.08 bits per heavy atom. The van der Waals surface area contributed by atoms with Crippen molar-refractivity contribution in [3.63, 3.8) is 0 Å². The van der Waals surface area contributed by atoms with Crippen molar-refractivity contribution in [2.24, 2.45) is 4.99 Å². The van der Waals surface area contributed by atoms with Gasteiger partial charge in [0.1, 0.15) is 12.4 Å². The zero-order valence-corrected chi connectivity index (χ0v) is 17.2. The van der Waals surface area contributed by atoms with Crippen LogP contribution in [0.5, 0.6) is 5.75 Å². The highest BCUT2D eigenvalue weighted by atomic mass is 127. The molecule has 0 spiro atoms.